The fraction of sp³-hybridized carbons (Fsp3) is 0.350. The topological polar surface area (TPSA) is 49.8 Å². The van der Waals surface area contributed by atoms with Crippen molar-refractivity contribution in [1.29, 1.82) is 0 Å². The molecule has 4 nitrogen and oxygen atoms in total. The van der Waals surface area contributed by atoms with Crippen LogP contribution >= 0.6 is 0 Å². The van der Waals surface area contributed by atoms with Crippen LogP contribution < -0.4 is 0 Å². The lowest BCUT2D eigenvalue weighted by Crippen LogP contribution is -2.28. The van der Waals surface area contributed by atoms with E-state index in [0.29, 0.717) is 6.61 Å². The van der Waals surface area contributed by atoms with Crippen LogP contribution in [0, 0.1) is 5.82 Å². The van der Waals surface area contributed by atoms with Crippen LogP contribution in [0.3, 0.4) is 0 Å². The van der Waals surface area contributed by atoms with Gasteiger partial charge in [-0.2, -0.15) is 0 Å². The van der Waals surface area contributed by atoms with E-state index in [9.17, 15) is 14.3 Å². The molecule has 0 aliphatic carbocycles. The van der Waals surface area contributed by atoms with Crippen molar-refractivity contribution < 1.29 is 19.0 Å². The number of carboxylic acid groups (broad SMARTS) is 1. The maximum atomic E-state index is 13.4. The molecule has 1 N–H and O–H groups in total. The van der Waals surface area contributed by atoms with E-state index < -0.39 is 11.6 Å². The molecule has 0 amide bonds. The SMILES string of the molecule is CN(C)CCC[C@]1(c2ccc(F)cc2)OCc2cc(C(=O)O)ccc21. The monoisotopic (exact) mass is 343 g/mol. The Kier molecular flexibility index (Phi) is 4.88. The summed E-state index contributed by atoms with van der Waals surface area (Å²) in [6.45, 7) is 1.27. The molecule has 5 heteroatoms. The van der Waals surface area contributed by atoms with E-state index in [1.165, 1.54) is 12.1 Å². The second kappa shape index (κ2) is 6.94. The summed E-state index contributed by atoms with van der Waals surface area (Å²) in [4.78, 5) is 13.3. The van der Waals surface area contributed by atoms with Gasteiger partial charge in [0.05, 0.1) is 12.2 Å². The van der Waals surface area contributed by atoms with Crippen molar-refractivity contribution >= 4 is 5.97 Å². The Morgan fingerprint density at radius 1 is 1.24 bits per heavy atom. The molecule has 0 aromatic heterocycles. The molecule has 0 unspecified atom stereocenters. The van der Waals surface area contributed by atoms with Gasteiger partial charge in [-0.05, 0) is 74.4 Å². The van der Waals surface area contributed by atoms with E-state index in [-0.39, 0.29) is 11.4 Å². The number of rotatable bonds is 6. The van der Waals surface area contributed by atoms with Crippen LogP contribution in [-0.4, -0.2) is 36.6 Å². The Bertz CT molecular complexity index is 773. The number of carbonyl (C=O) groups is 1. The van der Waals surface area contributed by atoms with Gasteiger partial charge in [-0.3, -0.25) is 0 Å². The summed E-state index contributed by atoms with van der Waals surface area (Å²) in [5.74, 6) is -1.23. The largest absolute Gasteiger partial charge is 0.478 e. The first-order valence-electron chi connectivity index (χ1n) is 8.34. The number of carboxylic acids is 1. The average Bonchev–Trinajstić information content (AvgIpc) is 2.94. The number of hydrogen-bond donors (Lipinski definition) is 1. The molecule has 1 atom stereocenters. The second-order valence-corrected chi connectivity index (χ2v) is 6.71. The molecule has 1 aliphatic rings. The quantitative estimate of drug-likeness (QED) is 0.870. The minimum absolute atomic E-state index is 0.255. The standard InChI is InChI=1S/C20H22FNO3/c1-22(2)11-3-10-20(16-5-7-17(21)8-6-16)18-9-4-14(19(23)24)12-15(18)13-25-20/h4-9,12H,3,10-11,13H2,1-2H3,(H,23,24)/t20-/m1/s1. The van der Waals surface area contributed by atoms with Crippen LogP contribution in [0.25, 0.3) is 0 Å². The number of halogens is 1. The highest BCUT2D eigenvalue weighted by Crippen LogP contribution is 2.45. The van der Waals surface area contributed by atoms with Crippen LogP contribution in [-0.2, 0) is 16.9 Å². The van der Waals surface area contributed by atoms with E-state index in [1.807, 2.05) is 20.2 Å². The van der Waals surface area contributed by atoms with E-state index in [0.717, 1.165) is 36.1 Å². The average molecular weight is 343 g/mol. The van der Waals surface area contributed by atoms with Gasteiger partial charge in [0.25, 0.3) is 0 Å². The number of hydrogen-bond acceptors (Lipinski definition) is 3. The highest BCUT2D eigenvalue weighted by molar-refractivity contribution is 5.88. The zero-order valence-corrected chi connectivity index (χ0v) is 14.5. The molecular weight excluding hydrogens is 321 g/mol. The number of aromatic carboxylic acids is 1. The third-order valence-corrected chi connectivity index (χ3v) is 4.71. The van der Waals surface area contributed by atoms with Crippen LogP contribution in [0.1, 0.15) is 39.9 Å². The van der Waals surface area contributed by atoms with Gasteiger partial charge in [-0.25, -0.2) is 9.18 Å². The fourth-order valence-electron chi connectivity index (χ4n) is 3.47. The zero-order chi connectivity index (χ0) is 18.0. The highest BCUT2D eigenvalue weighted by Gasteiger charge is 2.41. The lowest BCUT2D eigenvalue weighted by atomic mass is 9.81. The second-order valence-electron chi connectivity index (χ2n) is 6.71. The van der Waals surface area contributed by atoms with Crippen molar-refractivity contribution in [3.8, 4) is 0 Å². The summed E-state index contributed by atoms with van der Waals surface area (Å²) in [5, 5.41) is 9.21. The van der Waals surface area contributed by atoms with Gasteiger partial charge in [0.15, 0.2) is 0 Å². The zero-order valence-electron chi connectivity index (χ0n) is 14.5. The van der Waals surface area contributed by atoms with E-state index in [1.54, 1.807) is 24.3 Å². The summed E-state index contributed by atoms with van der Waals surface area (Å²) in [5.41, 5.74) is 2.35. The van der Waals surface area contributed by atoms with Crippen molar-refractivity contribution in [2.24, 2.45) is 0 Å². The van der Waals surface area contributed by atoms with Crippen LogP contribution in [0.2, 0.25) is 0 Å². The fourth-order valence-corrected chi connectivity index (χ4v) is 3.47. The van der Waals surface area contributed by atoms with Crippen molar-refractivity contribution in [3.63, 3.8) is 0 Å². The third kappa shape index (κ3) is 3.43. The third-order valence-electron chi connectivity index (χ3n) is 4.71. The van der Waals surface area contributed by atoms with Gasteiger partial charge in [0.2, 0.25) is 0 Å². The molecule has 0 fully saturated rings. The first-order valence-corrected chi connectivity index (χ1v) is 8.34. The molecule has 2 aromatic rings. The molecular formula is C20H22FNO3. The van der Waals surface area contributed by atoms with Gasteiger partial charge >= 0.3 is 5.97 Å². The van der Waals surface area contributed by atoms with Gasteiger partial charge < -0.3 is 14.7 Å². The number of nitrogens with zero attached hydrogens (tertiary/aromatic N) is 1. The molecule has 0 bridgehead atoms. The van der Waals surface area contributed by atoms with Gasteiger partial charge in [-0.15, -0.1) is 0 Å². The molecule has 0 radical (unpaired) electrons. The molecule has 2 aromatic carbocycles. The maximum absolute atomic E-state index is 13.4. The van der Waals surface area contributed by atoms with Crippen LogP contribution in [0.4, 0.5) is 4.39 Å². The molecule has 1 heterocycles. The van der Waals surface area contributed by atoms with Crippen molar-refractivity contribution in [1.82, 2.24) is 4.90 Å². The predicted molar refractivity (Wildman–Crippen MR) is 93.2 cm³/mol. The van der Waals surface area contributed by atoms with Gasteiger partial charge in [0.1, 0.15) is 11.4 Å². The Morgan fingerprint density at radius 3 is 2.60 bits per heavy atom. The molecule has 25 heavy (non-hydrogen) atoms. The Labute approximate surface area is 146 Å². The van der Waals surface area contributed by atoms with E-state index in [4.69, 9.17) is 4.74 Å². The Balaban J connectivity index is 2.02. The van der Waals surface area contributed by atoms with Gasteiger partial charge in [0, 0.05) is 0 Å². The predicted octanol–water partition coefficient (Wildman–Crippen LogP) is 3.64. The van der Waals surface area contributed by atoms with Crippen molar-refractivity contribution in [3.05, 3.63) is 70.5 Å². The molecule has 1 aliphatic heterocycles. The lowest BCUT2D eigenvalue weighted by Gasteiger charge is -2.31. The minimum Gasteiger partial charge on any atom is -0.478 e. The molecule has 0 saturated carbocycles. The van der Waals surface area contributed by atoms with E-state index in [2.05, 4.69) is 4.90 Å². The molecule has 3 rings (SSSR count). The summed E-state index contributed by atoms with van der Waals surface area (Å²) in [7, 11) is 4.04. The number of fused-ring (bicyclic) bond motifs is 1. The molecule has 132 valence electrons. The number of benzene rings is 2. The van der Waals surface area contributed by atoms with E-state index >= 15 is 0 Å². The van der Waals surface area contributed by atoms with Crippen LogP contribution in [0.15, 0.2) is 42.5 Å². The summed E-state index contributed by atoms with van der Waals surface area (Å²) in [6.07, 6.45) is 1.65. The number of ether oxygens (including phenoxy) is 1. The van der Waals surface area contributed by atoms with Crippen LogP contribution in [0.5, 0.6) is 0 Å². The normalized spacial score (nSPS) is 19.2. The van der Waals surface area contributed by atoms with Crippen molar-refractivity contribution in [2.75, 3.05) is 20.6 Å². The van der Waals surface area contributed by atoms with Gasteiger partial charge in [-0.1, -0.05) is 18.2 Å². The first kappa shape index (κ1) is 17.6. The Hall–Kier alpha value is -2.24. The smallest absolute Gasteiger partial charge is 0.335 e. The summed E-state index contributed by atoms with van der Waals surface area (Å²) in [6, 6.07) is 11.5. The summed E-state index contributed by atoms with van der Waals surface area (Å²) >= 11 is 0. The lowest BCUT2D eigenvalue weighted by molar-refractivity contribution is -0.0140. The first-order chi connectivity index (χ1) is 11.9. The minimum atomic E-state index is -0.949. The Morgan fingerprint density at radius 2 is 1.96 bits per heavy atom. The summed E-state index contributed by atoms with van der Waals surface area (Å²) < 4.78 is 19.6. The highest BCUT2D eigenvalue weighted by atomic mass is 19.1. The van der Waals surface area contributed by atoms with Crippen molar-refractivity contribution in [2.45, 2.75) is 25.0 Å². The molecule has 0 spiro atoms. The molecule has 0 saturated heterocycles. The maximum Gasteiger partial charge on any atom is 0.335 e.